The summed E-state index contributed by atoms with van der Waals surface area (Å²) in [6, 6.07) is 5.60. The van der Waals surface area contributed by atoms with E-state index in [4.69, 9.17) is 9.47 Å². The van der Waals surface area contributed by atoms with Crippen molar-refractivity contribution in [3.8, 4) is 0 Å². The van der Waals surface area contributed by atoms with Crippen LogP contribution in [-0.4, -0.2) is 122 Å². The lowest BCUT2D eigenvalue weighted by atomic mass is 9.89. The minimum absolute atomic E-state index is 0.0132. The molecule has 298 valence electrons. The molecular weight excluding hydrogens is 678 g/mol. The zero-order chi connectivity index (χ0) is 40.2. The van der Waals surface area contributed by atoms with Crippen molar-refractivity contribution in [1.29, 1.82) is 0 Å². The van der Waals surface area contributed by atoms with E-state index in [2.05, 4.69) is 22.5 Å². The van der Waals surface area contributed by atoms with Gasteiger partial charge in [0.15, 0.2) is 0 Å². The number of aliphatic carboxylic acids is 1. The maximum absolute atomic E-state index is 14.2. The van der Waals surface area contributed by atoms with Gasteiger partial charge >= 0.3 is 5.97 Å². The van der Waals surface area contributed by atoms with Gasteiger partial charge in [0, 0.05) is 34.2 Å². The maximum atomic E-state index is 14.2. The molecule has 1 aliphatic heterocycles. The number of benzene rings is 1. The van der Waals surface area contributed by atoms with Gasteiger partial charge in [-0.25, -0.2) is 4.79 Å². The van der Waals surface area contributed by atoms with Gasteiger partial charge in [0.1, 0.15) is 12.1 Å². The molecule has 0 saturated carbocycles. The van der Waals surface area contributed by atoms with Crippen LogP contribution < -0.4 is 16.0 Å². The van der Waals surface area contributed by atoms with E-state index < -0.39 is 60.2 Å². The number of likely N-dealkylation sites (tertiary alicyclic amines) is 1. The third-order valence-electron chi connectivity index (χ3n) is 10.6. The minimum Gasteiger partial charge on any atom is -0.480 e. The Morgan fingerprint density at radius 3 is 2.04 bits per heavy atom. The summed E-state index contributed by atoms with van der Waals surface area (Å²) in [6.07, 6.45) is -0.297. The number of carboxylic acids is 1. The van der Waals surface area contributed by atoms with Gasteiger partial charge in [-0.3, -0.25) is 19.2 Å². The van der Waals surface area contributed by atoms with E-state index in [-0.39, 0.29) is 54.9 Å². The van der Waals surface area contributed by atoms with Crippen LogP contribution in [0.4, 0.5) is 0 Å². The second-order valence-electron chi connectivity index (χ2n) is 15.2. The topological polar surface area (TPSA) is 167 Å². The average molecular weight is 744 g/mol. The number of carboxylic acid groups (broad SMARTS) is 1. The van der Waals surface area contributed by atoms with Gasteiger partial charge < -0.3 is 40.3 Å². The number of hydrogen-bond donors (Lipinski definition) is 4. The molecule has 4 N–H and O–H groups in total. The van der Waals surface area contributed by atoms with Crippen molar-refractivity contribution in [3.63, 3.8) is 0 Å². The highest BCUT2D eigenvalue weighted by Gasteiger charge is 2.44. The molecule has 2 rings (SSSR count). The van der Waals surface area contributed by atoms with Crippen molar-refractivity contribution in [2.45, 2.75) is 117 Å². The van der Waals surface area contributed by atoms with Crippen LogP contribution in [0.15, 0.2) is 42.5 Å². The highest BCUT2D eigenvalue weighted by molar-refractivity contribution is 5.90. The lowest BCUT2D eigenvalue weighted by Gasteiger charge is -2.41. The quantitative estimate of drug-likeness (QED) is 0.138. The van der Waals surface area contributed by atoms with Crippen LogP contribution in [0.25, 0.3) is 0 Å². The van der Waals surface area contributed by atoms with Gasteiger partial charge in [0.2, 0.25) is 23.6 Å². The molecule has 1 heterocycles. The summed E-state index contributed by atoms with van der Waals surface area (Å²) in [5.41, 5.74) is 1.57. The molecule has 9 atom stereocenters. The number of amides is 4. The molecule has 4 amide bonds. The standard InChI is InChI=1S/C40H65N5O8/c1-13-26(7)35(44(10)39(49)34(24(4)5)43-38(48)33(41-9)23(2)3)31(52-11)21-32(46)45-22-25(6)19-30(45)36(53-12)27(8)37(47)42-29(40(50)51)20-28-17-15-14-16-18-28/h14-18,23-24,26-27,29-31,33-36,41H,6,13,19-22H2,1-5,7-12H3,(H,42,47)(H,43,48)(H,50,51)/t26-,27+,29-,30-,31?,33-,34-,35?,36?/m0/s1. The fourth-order valence-electron chi connectivity index (χ4n) is 7.35. The maximum Gasteiger partial charge on any atom is 0.326 e. The highest BCUT2D eigenvalue weighted by Crippen LogP contribution is 2.31. The van der Waals surface area contributed by atoms with E-state index >= 15 is 0 Å². The monoisotopic (exact) mass is 743 g/mol. The van der Waals surface area contributed by atoms with E-state index in [0.29, 0.717) is 12.8 Å². The van der Waals surface area contributed by atoms with Gasteiger partial charge in [-0.1, -0.05) is 97.4 Å². The first-order valence-corrected chi connectivity index (χ1v) is 18.8. The molecule has 0 bridgehead atoms. The largest absolute Gasteiger partial charge is 0.480 e. The molecular formula is C40H65N5O8. The van der Waals surface area contributed by atoms with Crippen LogP contribution in [0.5, 0.6) is 0 Å². The fraction of sp³-hybridized carbons (Fsp3) is 0.675. The van der Waals surface area contributed by atoms with Crippen LogP contribution in [0.3, 0.4) is 0 Å². The van der Waals surface area contributed by atoms with Crippen molar-refractivity contribution in [2.24, 2.45) is 23.7 Å². The molecule has 3 unspecified atom stereocenters. The molecule has 0 radical (unpaired) electrons. The summed E-state index contributed by atoms with van der Waals surface area (Å²) in [5.74, 6) is -3.50. The third-order valence-corrected chi connectivity index (χ3v) is 10.6. The van der Waals surface area contributed by atoms with E-state index in [1.165, 1.54) is 14.2 Å². The van der Waals surface area contributed by atoms with Crippen molar-refractivity contribution in [3.05, 3.63) is 48.0 Å². The minimum atomic E-state index is -1.15. The molecule has 0 spiro atoms. The Bertz CT molecular complexity index is 1390. The summed E-state index contributed by atoms with van der Waals surface area (Å²) >= 11 is 0. The van der Waals surface area contributed by atoms with Crippen LogP contribution in [0.1, 0.15) is 73.3 Å². The Morgan fingerprint density at radius 2 is 1.55 bits per heavy atom. The van der Waals surface area contributed by atoms with E-state index in [9.17, 15) is 29.1 Å². The molecule has 1 fully saturated rings. The number of nitrogens with one attached hydrogen (secondary N) is 3. The molecule has 1 saturated heterocycles. The second kappa shape index (κ2) is 21.2. The Labute approximate surface area is 316 Å². The molecule has 13 heteroatoms. The Balaban J connectivity index is 2.31. The normalized spacial score (nSPS) is 19.2. The number of hydrogen-bond acceptors (Lipinski definition) is 8. The summed E-state index contributed by atoms with van der Waals surface area (Å²) in [7, 11) is 6.40. The summed E-state index contributed by atoms with van der Waals surface area (Å²) in [5, 5.41) is 18.6. The number of ether oxygens (including phenoxy) is 2. The zero-order valence-electron chi connectivity index (χ0n) is 33.7. The van der Waals surface area contributed by atoms with Crippen LogP contribution >= 0.6 is 0 Å². The predicted octanol–water partition coefficient (Wildman–Crippen LogP) is 3.27. The number of rotatable bonds is 21. The smallest absolute Gasteiger partial charge is 0.326 e. The Morgan fingerprint density at radius 1 is 0.943 bits per heavy atom. The zero-order valence-corrected chi connectivity index (χ0v) is 33.7. The van der Waals surface area contributed by atoms with Gasteiger partial charge in [-0.15, -0.1) is 0 Å². The lowest BCUT2D eigenvalue weighted by Crippen LogP contribution is -2.59. The second-order valence-corrected chi connectivity index (χ2v) is 15.2. The first kappa shape index (κ1) is 45.3. The Kier molecular flexibility index (Phi) is 18.1. The summed E-state index contributed by atoms with van der Waals surface area (Å²) in [4.78, 5) is 70.4. The van der Waals surface area contributed by atoms with Gasteiger partial charge in [0.05, 0.1) is 42.7 Å². The van der Waals surface area contributed by atoms with Gasteiger partial charge in [-0.2, -0.15) is 0 Å². The SMILES string of the molecule is C=C1C[C@@H](C(OC)[C@@H](C)C(=O)N[C@@H](Cc2ccccc2)C(=O)O)N(C(=O)CC(OC)C([C@@H](C)CC)N(C)C(=O)[C@@H](NC(=O)[C@@H](NC)C(C)C)C(C)C)C1. The predicted molar refractivity (Wildman–Crippen MR) is 205 cm³/mol. The fourth-order valence-corrected chi connectivity index (χ4v) is 7.35. The molecule has 13 nitrogen and oxygen atoms in total. The van der Waals surface area contributed by atoms with Crippen molar-refractivity contribution < 1.29 is 38.6 Å². The Hall–Kier alpha value is -3.81. The number of nitrogens with zero attached hydrogens (tertiary/aromatic N) is 2. The average Bonchev–Trinajstić information content (AvgIpc) is 3.50. The number of carbonyl (C=O) groups excluding carboxylic acids is 4. The number of carbonyl (C=O) groups is 5. The van der Waals surface area contributed by atoms with Crippen molar-refractivity contribution in [2.75, 3.05) is 34.9 Å². The lowest BCUT2D eigenvalue weighted by molar-refractivity contribution is -0.148. The van der Waals surface area contributed by atoms with Crippen molar-refractivity contribution >= 4 is 29.6 Å². The third kappa shape index (κ3) is 12.1. The van der Waals surface area contributed by atoms with Crippen LogP contribution in [0, 0.1) is 23.7 Å². The first-order chi connectivity index (χ1) is 24.9. The van der Waals surface area contributed by atoms with Gasteiger partial charge in [-0.05, 0) is 36.8 Å². The first-order valence-electron chi connectivity index (χ1n) is 18.8. The number of likely N-dealkylation sites (N-methyl/N-ethyl adjacent to an activating group) is 2. The highest BCUT2D eigenvalue weighted by atomic mass is 16.5. The van der Waals surface area contributed by atoms with E-state index in [0.717, 1.165) is 11.1 Å². The van der Waals surface area contributed by atoms with Crippen LogP contribution in [-0.2, 0) is 39.9 Å². The van der Waals surface area contributed by atoms with Crippen LogP contribution in [0.2, 0.25) is 0 Å². The number of methoxy groups -OCH3 is 2. The van der Waals surface area contributed by atoms with E-state index in [1.807, 2.05) is 59.7 Å². The summed E-state index contributed by atoms with van der Waals surface area (Å²) in [6.45, 7) is 17.7. The summed E-state index contributed by atoms with van der Waals surface area (Å²) < 4.78 is 11.8. The molecule has 1 aliphatic rings. The molecule has 0 aliphatic carbocycles. The molecule has 0 aromatic heterocycles. The van der Waals surface area contributed by atoms with Crippen molar-refractivity contribution in [1.82, 2.24) is 25.8 Å². The molecule has 53 heavy (non-hydrogen) atoms. The molecule has 1 aromatic carbocycles. The van der Waals surface area contributed by atoms with E-state index in [1.54, 1.807) is 43.0 Å². The van der Waals surface area contributed by atoms with Gasteiger partial charge in [0.25, 0.3) is 0 Å². The molecule has 1 aromatic rings.